The van der Waals surface area contributed by atoms with Gasteiger partial charge in [0.25, 0.3) is 5.69 Å². The largest absolute Gasteiger partial charge is 0.492 e. The van der Waals surface area contributed by atoms with E-state index in [1.165, 1.54) is 50.6 Å². The monoisotopic (exact) mass is 382 g/mol. The lowest BCUT2D eigenvalue weighted by atomic mass is 9.88. The van der Waals surface area contributed by atoms with Crippen molar-refractivity contribution in [1.29, 1.82) is 0 Å². The number of nitro groups is 1. The third-order valence-electron chi connectivity index (χ3n) is 4.25. The molecule has 0 bridgehead atoms. The van der Waals surface area contributed by atoms with E-state index in [4.69, 9.17) is 9.47 Å². The van der Waals surface area contributed by atoms with Gasteiger partial charge in [0.05, 0.1) is 28.9 Å². The molecule has 2 aromatic rings. The van der Waals surface area contributed by atoms with E-state index >= 15 is 0 Å². The van der Waals surface area contributed by atoms with E-state index in [0.29, 0.717) is 0 Å². The SMILES string of the molecule is COC1=C(C)C(=O)c2ccnc(COC(=O)c3ccc([N+](=O)[O-])cc3)c2C1=O. The summed E-state index contributed by atoms with van der Waals surface area (Å²) in [5.41, 5.74) is 0.458. The number of Topliss-reactive ketones (excluding diaryl/α,β-unsaturated/α-hetero) is 2. The Hall–Kier alpha value is -3.88. The number of esters is 1. The van der Waals surface area contributed by atoms with Crippen LogP contribution < -0.4 is 0 Å². The number of methoxy groups -OCH3 is 1. The summed E-state index contributed by atoms with van der Waals surface area (Å²) in [6, 6.07) is 6.31. The number of non-ortho nitro benzene ring substituents is 1. The number of allylic oxidation sites excluding steroid dienone is 2. The molecule has 1 heterocycles. The lowest BCUT2D eigenvalue weighted by molar-refractivity contribution is -0.384. The fourth-order valence-corrected chi connectivity index (χ4v) is 2.83. The highest BCUT2D eigenvalue weighted by atomic mass is 16.6. The van der Waals surface area contributed by atoms with Crippen LogP contribution in [0.15, 0.2) is 47.9 Å². The number of carbonyl (C=O) groups excluding carboxylic acids is 3. The molecular formula is C19H14N2O7. The number of carbonyl (C=O) groups is 3. The molecule has 1 aromatic heterocycles. The number of fused-ring (bicyclic) bond motifs is 1. The van der Waals surface area contributed by atoms with E-state index in [0.717, 1.165) is 0 Å². The van der Waals surface area contributed by atoms with E-state index in [-0.39, 0.29) is 51.8 Å². The molecule has 0 radical (unpaired) electrons. The molecule has 0 saturated carbocycles. The van der Waals surface area contributed by atoms with Crippen LogP contribution in [0.2, 0.25) is 0 Å². The van der Waals surface area contributed by atoms with Crippen molar-refractivity contribution in [1.82, 2.24) is 4.98 Å². The molecule has 1 aliphatic carbocycles. The molecule has 0 saturated heterocycles. The topological polar surface area (TPSA) is 126 Å². The van der Waals surface area contributed by atoms with Crippen molar-refractivity contribution in [2.24, 2.45) is 0 Å². The van der Waals surface area contributed by atoms with Crippen molar-refractivity contribution in [2.45, 2.75) is 13.5 Å². The van der Waals surface area contributed by atoms with Gasteiger partial charge in [-0.2, -0.15) is 0 Å². The van der Waals surface area contributed by atoms with Crippen molar-refractivity contribution in [3.63, 3.8) is 0 Å². The van der Waals surface area contributed by atoms with E-state index in [2.05, 4.69) is 4.98 Å². The minimum absolute atomic E-state index is 0.0337. The van der Waals surface area contributed by atoms with Crippen LogP contribution in [0.1, 0.15) is 43.7 Å². The van der Waals surface area contributed by atoms with Gasteiger partial charge in [0.15, 0.2) is 11.5 Å². The number of nitro benzene ring substituents is 1. The van der Waals surface area contributed by atoms with Gasteiger partial charge < -0.3 is 9.47 Å². The van der Waals surface area contributed by atoms with E-state index in [1.54, 1.807) is 0 Å². The second kappa shape index (κ2) is 7.39. The normalized spacial score (nSPS) is 13.2. The van der Waals surface area contributed by atoms with Crippen LogP contribution in [0.5, 0.6) is 0 Å². The maximum Gasteiger partial charge on any atom is 0.338 e. The zero-order chi connectivity index (χ0) is 20.4. The van der Waals surface area contributed by atoms with Crippen molar-refractivity contribution < 1.29 is 28.8 Å². The van der Waals surface area contributed by atoms with Crippen LogP contribution >= 0.6 is 0 Å². The zero-order valence-corrected chi connectivity index (χ0v) is 14.9. The first-order chi connectivity index (χ1) is 13.3. The third kappa shape index (κ3) is 3.25. The number of ether oxygens (including phenoxy) is 2. The molecule has 28 heavy (non-hydrogen) atoms. The highest BCUT2D eigenvalue weighted by Gasteiger charge is 2.33. The van der Waals surface area contributed by atoms with E-state index < -0.39 is 16.7 Å². The standard InChI is InChI=1S/C19H14N2O7/c1-10-16(22)13-7-8-20-14(15(13)17(23)18(10)27-2)9-28-19(24)11-3-5-12(6-4-11)21(25)26/h3-8H,9H2,1-2H3. The van der Waals surface area contributed by atoms with Crippen LogP contribution in [-0.4, -0.2) is 34.6 Å². The molecule has 0 fully saturated rings. The highest BCUT2D eigenvalue weighted by molar-refractivity contribution is 6.26. The molecule has 0 amide bonds. The number of hydrogen-bond acceptors (Lipinski definition) is 8. The molecule has 9 nitrogen and oxygen atoms in total. The Labute approximate surface area is 158 Å². The Morgan fingerprint density at radius 3 is 2.43 bits per heavy atom. The van der Waals surface area contributed by atoms with Crippen molar-refractivity contribution in [3.05, 3.63) is 80.4 Å². The van der Waals surface area contributed by atoms with Crippen LogP contribution in [0.3, 0.4) is 0 Å². The van der Waals surface area contributed by atoms with Gasteiger partial charge in [0.1, 0.15) is 6.61 Å². The maximum absolute atomic E-state index is 12.7. The Morgan fingerprint density at radius 1 is 1.14 bits per heavy atom. The number of nitrogens with zero attached hydrogens (tertiary/aromatic N) is 2. The maximum atomic E-state index is 12.7. The van der Waals surface area contributed by atoms with E-state index in [9.17, 15) is 24.5 Å². The lowest BCUT2D eigenvalue weighted by Crippen LogP contribution is -2.24. The second-order valence-electron chi connectivity index (χ2n) is 5.88. The summed E-state index contributed by atoms with van der Waals surface area (Å²) in [6.45, 7) is 1.14. The number of ketones is 2. The number of aromatic nitrogens is 1. The number of hydrogen-bond donors (Lipinski definition) is 0. The average Bonchev–Trinajstić information content (AvgIpc) is 2.70. The number of pyridine rings is 1. The van der Waals surface area contributed by atoms with Crippen molar-refractivity contribution in [3.8, 4) is 0 Å². The molecule has 3 rings (SSSR count). The zero-order valence-electron chi connectivity index (χ0n) is 14.9. The first-order valence-electron chi connectivity index (χ1n) is 8.09. The Kier molecular flexibility index (Phi) is 4.99. The van der Waals surface area contributed by atoms with Gasteiger partial charge >= 0.3 is 5.97 Å². The quantitative estimate of drug-likeness (QED) is 0.439. The van der Waals surface area contributed by atoms with Gasteiger partial charge in [-0.1, -0.05) is 0 Å². The summed E-state index contributed by atoms with van der Waals surface area (Å²) < 4.78 is 10.2. The fourth-order valence-electron chi connectivity index (χ4n) is 2.83. The van der Waals surface area contributed by atoms with Gasteiger partial charge in [0, 0.05) is 29.5 Å². The van der Waals surface area contributed by atoms with Gasteiger partial charge in [-0.25, -0.2) is 4.79 Å². The lowest BCUT2D eigenvalue weighted by Gasteiger charge is -2.19. The smallest absolute Gasteiger partial charge is 0.338 e. The van der Waals surface area contributed by atoms with Gasteiger partial charge in [-0.3, -0.25) is 24.7 Å². The van der Waals surface area contributed by atoms with Gasteiger partial charge in [0.2, 0.25) is 5.78 Å². The molecule has 1 aliphatic rings. The van der Waals surface area contributed by atoms with Crippen LogP contribution in [0.4, 0.5) is 5.69 Å². The summed E-state index contributed by atoms with van der Waals surface area (Å²) in [5.74, 6) is -1.70. The summed E-state index contributed by atoms with van der Waals surface area (Å²) >= 11 is 0. The molecule has 1 aromatic carbocycles. The first kappa shape index (κ1) is 18.9. The summed E-state index contributed by atoms with van der Waals surface area (Å²) in [5, 5.41) is 10.7. The average molecular weight is 382 g/mol. The Balaban J connectivity index is 1.84. The van der Waals surface area contributed by atoms with Crippen LogP contribution in [0.25, 0.3) is 0 Å². The van der Waals surface area contributed by atoms with Crippen LogP contribution in [-0.2, 0) is 16.1 Å². The molecule has 142 valence electrons. The fraction of sp³-hybridized carbons (Fsp3) is 0.158. The predicted octanol–water partition coefficient (Wildman–Crippen LogP) is 2.65. The molecule has 0 N–H and O–H groups in total. The highest BCUT2D eigenvalue weighted by Crippen LogP contribution is 2.28. The second-order valence-corrected chi connectivity index (χ2v) is 5.88. The number of benzene rings is 1. The minimum atomic E-state index is -0.748. The van der Waals surface area contributed by atoms with Crippen LogP contribution in [0, 0.1) is 10.1 Å². The molecule has 0 spiro atoms. The molecule has 9 heteroatoms. The Morgan fingerprint density at radius 2 is 1.82 bits per heavy atom. The van der Waals surface area contributed by atoms with Crippen molar-refractivity contribution in [2.75, 3.05) is 7.11 Å². The molecule has 0 atom stereocenters. The summed E-state index contributed by atoms with van der Waals surface area (Å²) in [4.78, 5) is 51.4. The van der Waals surface area contributed by atoms with Gasteiger partial charge in [-0.05, 0) is 25.1 Å². The number of rotatable bonds is 5. The van der Waals surface area contributed by atoms with Gasteiger partial charge in [-0.15, -0.1) is 0 Å². The molecule has 0 aliphatic heterocycles. The molecular weight excluding hydrogens is 368 g/mol. The predicted molar refractivity (Wildman–Crippen MR) is 94.8 cm³/mol. The minimum Gasteiger partial charge on any atom is -0.492 e. The van der Waals surface area contributed by atoms with E-state index in [1.807, 2.05) is 0 Å². The first-order valence-corrected chi connectivity index (χ1v) is 8.09. The third-order valence-corrected chi connectivity index (χ3v) is 4.25. The Bertz CT molecular complexity index is 1040. The molecule has 0 unspecified atom stereocenters. The summed E-state index contributed by atoms with van der Waals surface area (Å²) in [6.07, 6.45) is 1.35. The summed E-state index contributed by atoms with van der Waals surface area (Å²) in [7, 11) is 1.29. The van der Waals surface area contributed by atoms with Crippen molar-refractivity contribution >= 4 is 23.2 Å².